The van der Waals surface area contributed by atoms with Crippen LogP contribution < -0.4 is 5.32 Å². The third-order valence-electron chi connectivity index (χ3n) is 2.50. The van der Waals surface area contributed by atoms with Crippen molar-refractivity contribution in [3.8, 4) is 0 Å². The van der Waals surface area contributed by atoms with Gasteiger partial charge in [0.05, 0.1) is 5.56 Å². The highest BCUT2D eigenvalue weighted by Gasteiger charge is 2.21. The highest BCUT2D eigenvalue weighted by Crippen LogP contribution is 2.14. The Balaban J connectivity index is 2.97. The molecule has 1 amide bonds. The Kier molecular flexibility index (Phi) is 4.36. The highest BCUT2D eigenvalue weighted by molar-refractivity contribution is 5.96. The van der Waals surface area contributed by atoms with Crippen LogP contribution in [0.2, 0.25) is 0 Å². The fourth-order valence-corrected chi connectivity index (χ4v) is 1.41. The van der Waals surface area contributed by atoms with Crippen molar-refractivity contribution < 1.29 is 23.5 Å². The third kappa shape index (κ3) is 3.03. The molecule has 1 aromatic carbocycles. The molecule has 18 heavy (non-hydrogen) atoms. The van der Waals surface area contributed by atoms with E-state index in [9.17, 15) is 18.4 Å². The summed E-state index contributed by atoms with van der Waals surface area (Å²) < 4.78 is 26.4. The summed E-state index contributed by atoms with van der Waals surface area (Å²) in [5.41, 5.74) is -0.251. The van der Waals surface area contributed by atoms with Crippen LogP contribution in [0.25, 0.3) is 0 Å². The van der Waals surface area contributed by atoms with E-state index in [4.69, 9.17) is 5.11 Å². The lowest BCUT2D eigenvalue weighted by Crippen LogP contribution is -2.40. The number of hydrogen-bond donors (Lipinski definition) is 2. The van der Waals surface area contributed by atoms with Crippen molar-refractivity contribution in [3.05, 3.63) is 34.9 Å². The quantitative estimate of drug-likeness (QED) is 0.865. The lowest BCUT2D eigenvalue weighted by Gasteiger charge is -2.13. The number of carboxylic acids is 1. The molecule has 0 radical (unpaired) electrons. The number of aryl methyl sites for hydroxylation is 1. The van der Waals surface area contributed by atoms with E-state index in [0.717, 1.165) is 6.07 Å². The molecule has 0 unspecified atom stereocenters. The normalized spacial score (nSPS) is 12.0. The van der Waals surface area contributed by atoms with Gasteiger partial charge in [0.2, 0.25) is 0 Å². The zero-order valence-electron chi connectivity index (χ0n) is 9.96. The van der Waals surface area contributed by atoms with E-state index < -0.39 is 29.6 Å². The zero-order chi connectivity index (χ0) is 13.9. The van der Waals surface area contributed by atoms with Crippen LogP contribution in [0, 0.1) is 18.6 Å². The second-order valence-corrected chi connectivity index (χ2v) is 3.85. The molecule has 98 valence electrons. The van der Waals surface area contributed by atoms with Gasteiger partial charge in [-0.15, -0.1) is 0 Å². The van der Waals surface area contributed by atoms with E-state index in [-0.39, 0.29) is 17.5 Å². The van der Waals surface area contributed by atoms with Crippen molar-refractivity contribution >= 4 is 11.9 Å². The van der Waals surface area contributed by atoms with Crippen molar-refractivity contribution in [1.82, 2.24) is 5.32 Å². The van der Waals surface area contributed by atoms with Crippen molar-refractivity contribution in [1.29, 1.82) is 0 Å². The highest BCUT2D eigenvalue weighted by atomic mass is 19.1. The standard InChI is InChI=1S/C12H13F2NO3/c1-3-10(12(17)18)15-11(16)7-4-6(2)8(13)5-9(7)14/h4-5,10H,3H2,1-2H3,(H,15,16)(H,17,18)/t10-/m0/s1. The minimum atomic E-state index is -1.20. The Hall–Kier alpha value is -1.98. The van der Waals surface area contributed by atoms with Gasteiger partial charge in [0, 0.05) is 6.07 Å². The first-order valence-corrected chi connectivity index (χ1v) is 5.36. The molecular weight excluding hydrogens is 244 g/mol. The number of carboxylic acid groups (broad SMARTS) is 1. The predicted molar refractivity (Wildman–Crippen MR) is 60.3 cm³/mol. The van der Waals surface area contributed by atoms with Gasteiger partial charge in [-0.1, -0.05) is 6.92 Å². The van der Waals surface area contributed by atoms with E-state index in [1.54, 1.807) is 6.92 Å². The number of aliphatic carboxylic acids is 1. The van der Waals surface area contributed by atoms with E-state index in [0.29, 0.717) is 6.07 Å². The first kappa shape index (κ1) is 14.1. The van der Waals surface area contributed by atoms with E-state index in [1.807, 2.05) is 0 Å². The maximum atomic E-state index is 13.4. The average Bonchev–Trinajstić information content (AvgIpc) is 2.29. The minimum Gasteiger partial charge on any atom is -0.480 e. The van der Waals surface area contributed by atoms with Crippen LogP contribution in [-0.2, 0) is 4.79 Å². The van der Waals surface area contributed by atoms with Crippen molar-refractivity contribution in [2.45, 2.75) is 26.3 Å². The summed E-state index contributed by atoms with van der Waals surface area (Å²) in [6.45, 7) is 2.96. The first-order chi connectivity index (χ1) is 8.36. The third-order valence-corrected chi connectivity index (χ3v) is 2.50. The lowest BCUT2D eigenvalue weighted by molar-refractivity contribution is -0.139. The summed E-state index contributed by atoms with van der Waals surface area (Å²) in [6, 6.07) is 0.558. The number of nitrogens with one attached hydrogen (secondary N) is 1. The van der Waals surface area contributed by atoms with Crippen molar-refractivity contribution in [3.63, 3.8) is 0 Å². The number of carbonyl (C=O) groups is 2. The molecule has 0 aliphatic rings. The molecule has 0 bridgehead atoms. The van der Waals surface area contributed by atoms with E-state index >= 15 is 0 Å². The Labute approximate surface area is 103 Å². The molecule has 6 heteroatoms. The number of benzene rings is 1. The van der Waals surface area contributed by atoms with E-state index in [1.165, 1.54) is 6.92 Å². The van der Waals surface area contributed by atoms with Gasteiger partial charge in [0.15, 0.2) is 0 Å². The van der Waals surface area contributed by atoms with Gasteiger partial charge in [-0.05, 0) is 25.0 Å². The molecule has 1 aromatic rings. The molecule has 0 aromatic heterocycles. The second-order valence-electron chi connectivity index (χ2n) is 3.85. The van der Waals surface area contributed by atoms with Crippen LogP contribution in [0.5, 0.6) is 0 Å². The van der Waals surface area contributed by atoms with Crippen LogP contribution in [0.15, 0.2) is 12.1 Å². The Bertz CT molecular complexity index is 488. The molecule has 0 spiro atoms. The molecule has 1 rings (SSSR count). The summed E-state index contributed by atoms with van der Waals surface area (Å²) in [5, 5.41) is 10.9. The van der Waals surface area contributed by atoms with E-state index in [2.05, 4.69) is 5.32 Å². The maximum absolute atomic E-state index is 13.4. The topological polar surface area (TPSA) is 66.4 Å². The minimum absolute atomic E-state index is 0.116. The number of halogens is 2. The van der Waals surface area contributed by atoms with Gasteiger partial charge in [0.1, 0.15) is 17.7 Å². The fraction of sp³-hybridized carbons (Fsp3) is 0.333. The molecule has 0 fully saturated rings. The number of amides is 1. The van der Waals surface area contributed by atoms with Gasteiger partial charge in [-0.3, -0.25) is 4.79 Å². The summed E-state index contributed by atoms with van der Waals surface area (Å²) in [5.74, 6) is -3.85. The first-order valence-electron chi connectivity index (χ1n) is 5.36. The Morgan fingerprint density at radius 2 is 1.94 bits per heavy atom. The van der Waals surface area contributed by atoms with Crippen molar-refractivity contribution in [2.24, 2.45) is 0 Å². The summed E-state index contributed by atoms with van der Waals surface area (Å²) in [6.07, 6.45) is 0.170. The monoisotopic (exact) mass is 257 g/mol. The summed E-state index contributed by atoms with van der Waals surface area (Å²) in [7, 11) is 0. The van der Waals surface area contributed by atoms with Gasteiger partial charge in [-0.25, -0.2) is 13.6 Å². The van der Waals surface area contributed by atoms with Crippen molar-refractivity contribution in [2.75, 3.05) is 0 Å². The van der Waals surface area contributed by atoms with Gasteiger partial charge in [-0.2, -0.15) is 0 Å². The predicted octanol–water partition coefficient (Wildman–Crippen LogP) is 1.87. The molecule has 0 saturated carbocycles. The smallest absolute Gasteiger partial charge is 0.326 e. The van der Waals surface area contributed by atoms with Gasteiger partial charge in [0.25, 0.3) is 5.91 Å². The second kappa shape index (κ2) is 5.57. The van der Waals surface area contributed by atoms with Gasteiger partial charge >= 0.3 is 5.97 Å². The molecular formula is C12H13F2NO3. The van der Waals surface area contributed by atoms with Crippen LogP contribution in [0.4, 0.5) is 8.78 Å². The summed E-state index contributed by atoms with van der Waals surface area (Å²) in [4.78, 5) is 22.4. The lowest BCUT2D eigenvalue weighted by atomic mass is 10.1. The Morgan fingerprint density at radius 3 is 2.44 bits per heavy atom. The van der Waals surface area contributed by atoms with Crippen LogP contribution in [0.1, 0.15) is 29.3 Å². The largest absolute Gasteiger partial charge is 0.480 e. The number of carbonyl (C=O) groups excluding carboxylic acids is 1. The molecule has 4 nitrogen and oxygen atoms in total. The molecule has 0 aliphatic heterocycles. The maximum Gasteiger partial charge on any atom is 0.326 e. The van der Waals surface area contributed by atoms with Crippen LogP contribution in [-0.4, -0.2) is 23.0 Å². The summed E-state index contributed by atoms with van der Waals surface area (Å²) >= 11 is 0. The number of hydrogen-bond acceptors (Lipinski definition) is 2. The zero-order valence-corrected chi connectivity index (χ0v) is 9.96. The Morgan fingerprint density at radius 1 is 1.33 bits per heavy atom. The molecule has 0 saturated heterocycles. The molecule has 0 heterocycles. The molecule has 2 N–H and O–H groups in total. The van der Waals surface area contributed by atoms with Crippen LogP contribution >= 0.6 is 0 Å². The average molecular weight is 257 g/mol. The molecule has 1 atom stereocenters. The SMILES string of the molecule is CC[C@H](NC(=O)c1cc(C)c(F)cc1F)C(=O)O. The van der Waals surface area contributed by atoms with Crippen LogP contribution in [0.3, 0.4) is 0 Å². The fourth-order valence-electron chi connectivity index (χ4n) is 1.41. The number of rotatable bonds is 4. The molecule has 0 aliphatic carbocycles. The van der Waals surface area contributed by atoms with Gasteiger partial charge < -0.3 is 10.4 Å².